The Kier molecular flexibility index (Phi) is 3.45. The summed E-state index contributed by atoms with van der Waals surface area (Å²) in [7, 11) is 0. The third-order valence-electron chi connectivity index (χ3n) is 4.13. The van der Waals surface area contributed by atoms with Gasteiger partial charge in [-0.25, -0.2) is 9.97 Å². The highest BCUT2D eigenvalue weighted by atomic mass is 16.3. The molecular formula is C17H15N5O2. The van der Waals surface area contributed by atoms with Crippen LogP contribution in [-0.2, 0) is 6.54 Å². The van der Waals surface area contributed by atoms with Crippen molar-refractivity contribution in [2.45, 2.75) is 12.6 Å². The number of rotatable bonds is 2. The molecule has 0 saturated carbocycles. The number of hydrogen-bond acceptors (Lipinski definition) is 5. The third-order valence-corrected chi connectivity index (χ3v) is 4.13. The van der Waals surface area contributed by atoms with E-state index in [0.717, 1.165) is 11.1 Å². The fourth-order valence-corrected chi connectivity index (χ4v) is 3.00. The van der Waals surface area contributed by atoms with Crippen molar-refractivity contribution in [2.24, 2.45) is 0 Å². The maximum atomic E-state index is 12.7. The van der Waals surface area contributed by atoms with Gasteiger partial charge in [0.1, 0.15) is 0 Å². The summed E-state index contributed by atoms with van der Waals surface area (Å²) in [5.74, 6) is -0.252. The second-order valence-corrected chi connectivity index (χ2v) is 5.65. The highest BCUT2D eigenvalue weighted by Gasteiger charge is 2.30. The molecule has 3 heterocycles. The van der Waals surface area contributed by atoms with Crippen LogP contribution in [0.5, 0.6) is 5.75 Å². The van der Waals surface area contributed by atoms with Crippen molar-refractivity contribution in [3.8, 4) is 5.75 Å². The molecule has 1 aromatic carbocycles. The summed E-state index contributed by atoms with van der Waals surface area (Å²) in [5.41, 5.74) is 2.24. The van der Waals surface area contributed by atoms with Gasteiger partial charge in [0.05, 0.1) is 18.4 Å². The lowest BCUT2D eigenvalue weighted by Gasteiger charge is -2.34. The number of amides is 1. The van der Waals surface area contributed by atoms with Gasteiger partial charge in [-0.3, -0.25) is 9.48 Å². The van der Waals surface area contributed by atoms with Crippen LogP contribution in [0.25, 0.3) is 0 Å². The minimum Gasteiger partial charge on any atom is -0.505 e. The summed E-state index contributed by atoms with van der Waals surface area (Å²) in [6.45, 7) is 0.985. The minimum absolute atomic E-state index is 0.0500. The zero-order valence-corrected chi connectivity index (χ0v) is 12.8. The molecule has 0 fully saturated rings. The van der Waals surface area contributed by atoms with E-state index >= 15 is 0 Å². The van der Waals surface area contributed by atoms with E-state index in [0.29, 0.717) is 13.1 Å². The summed E-state index contributed by atoms with van der Waals surface area (Å²) >= 11 is 0. The number of fused-ring (bicyclic) bond motifs is 1. The molecule has 3 aromatic rings. The third kappa shape index (κ3) is 2.50. The van der Waals surface area contributed by atoms with Crippen LogP contribution in [0.3, 0.4) is 0 Å². The summed E-state index contributed by atoms with van der Waals surface area (Å²) in [5, 5.41) is 13.6. The van der Waals surface area contributed by atoms with E-state index in [4.69, 9.17) is 0 Å². The van der Waals surface area contributed by atoms with Gasteiger partial charge in [0.2, 0.25) is 5.82 Å². The first-order chi connectivity index (χ1) is 11.7. The van der Waals surface area contributed by atoms with Crippen molar-refractivity contribution in [1.82, 2.24) is 24.6 Å². The maximum absolute atomic E-state index is 12.7. The predicted molar refractivity (Wildman–Crippen MR) is 85.2 cm³/mol. The van der Waals surface area contributed by atoms with Gasteiger partial charge < -0.3 is 10.0 Å². The average molecular weight is 321 g/mol. The highest BCUT2D eigenvalue weighted by molar-refractivity contribution is 5.90. The molecule has 24 heavy (non-hydrogen) atoms. The molecule has 1 unspecified atom stereocenters. The van der Waals surface area contributed by atoms with Gasteiger partial charge in [-0.15, -0.1) is 0 Å². The van der Waals surface area contributed by atoms with Gasteiger partial charge in [-0.2, -0.15) is 5.10 Å². The van der Waals surface area contributed by atoms with Crippen LogP contribution in [0.15, 0.2) is 55.1 Å². The van der Waals surface area contributed by atoms with Crippen LogP contribution in [-0.4, -0.2) is 42.2 Å². The van der Waals surface area contributed by atoms with Crippen LogP contribution in [0.1, 0.15) is 27.8 Å². The van der Waals surface area contributed by atoms with Crippen LogP contribution in [0, 0.1) is 0 Å². The van der Waals surface area contributed by atoms with Gasteiger partial charge in [-0.1, -0.05) is 24.3 Å². The average Bonchev–Trinajstić information content (AvgIpc) is 3.15. The van der Waals surface area contributed by atoms with Gasteiger partial charge in [-0.05, 0) is 17.2 Å². The van der Waals surface area contributed by atoms with E-state index in [1.807, 2.05) is 35.1 Å². The summed E-state index contributed by atoms with van der Waals surface area (Å²) in [6, 6.07) is 9.86. The van der Waals surface area contributed by atoms with Crippen molar-refractivity contribution >= 4 is 5.91 Å². The van der Waals surface area contributed by atoms with Crippen molar-refractivity contribution < 1.29 is 9.90 Å². The first-order valence-corrected chi connectivity index (χ1v) is 7.59. The topological polar surface area (TPSA) is 84.1 Å². The normalized spacial score (nSPS) is 16.7. The molecule has 0 spiro atoms. The number of aromatic nitrogens is 4. The number of benzene rings is 1. The molecule has 2 aromatic heterocycles. The van der Waals surface area contributed by atoms with E-state index in [-0.39, 0.29) is 23.5 Å². The lowest BCUT2D eigenvalue weighted by Crippen LogP contribution is -2.41. The smallest absolute Gasteiger partial charge is 0.292 e. The van der Waals surface area contributed by atoms with Gasteiger partial charge in [0, 0.05) is 25.5 Å². The highest BCUT2D eigenvalue weighted by Crippen LogP contribution is 2.29. The molecule has 120 valence electrons. The van der Waals surface area contributed by atoms with E-state index in [2.05, 4.69) is 21.1 Å². The minimum atomic E-state index is -0.262. The monoisotopic (exact) mass is 321 g/mol. The molecule has 4 rings (SSSR count). The zero-order valence-electron chi connectivity index (χ0n) is 12.8. The summed E-state index contributed by atoms with van der Waals surface area (Å²) in [6.07, 6.45) is 6.07. The SMILES string of the molecule is O=C(c1ncc(O)cn1)N1Cc2ccccc2C(n2cccn2)C1. The largest absolute Gasteiger partial charge is 0.505 e. The molecule has 0 bridgehead atoms. The van der Waals surface area contributed by atoms with Crippen molar-refractivity contribution in [1.29, 1.82) is 0 Å². The van der Waals surface area contributed by atoms with Crippen LogP contribution in [0.2, 0.25) is 0 Å². The van der Waals surface area contributed by atoms with Crippen LogP contribution in [0.4, 0.5) is 0 Å². The number of carbonyl (C=O) groups excluding carboxylic acids is 1. The van der Waals surface area contributed by atoms with E-state index < -0.39 is 0 Å². The Morgan fingerprint density at radius 3 is 2.71 bits per heavy atom. The number of hydrogen-bond donors (Lipinski definition) is 1. The lowest BCUT2D eigenvalue weighted by molar-refractivity contribution is 0.0693. The molecule has 7 nitrogen and oxygen atoms in total. The van der Waals surface area contributed by atoms with Gasteiger partial charge in [0.25, 0.3) is 5.91 Å². The Morgan fingerprint density at radius 1 is 1.17 bits per heavy atom. The molecule has 0 radical (unpaired) electrons. The fraction of sp³-hybridized carbons (Fsp3) is 0.176. The van der Waals surface area contributed by atoms with Crippen LogP contribution >= 0.6 is 0 Å². The Balaban J connectivity index is 1.69. The predicted octanol–water partition coefficient (Wildman–Crippen LogP) is 1.62. The van der Waals surface area contributed by atoms with Gasteiger partial charge in [0.15, 0.2) is 5.75 Å². The molecular weight excluding hydrogens is 306 g/mol. The molecule has 7 heteroatoms. The first kappa shape index (κ1) is 14.4. The maximum Gasteiger partial charge on any atom is 0.292 e. The number of nitrogens with zero attached hydrogens (tertiary/aromatic N) is 5. The number of carbonyl (C=O) groups is 1. The summed E-state index contributed by atoms with van der Waals surface area (Å²) in [4.78, 5) is 22.3. The Labute approximate surface area is 138 Å². The van der Waals surface area contributed by atoms with Crippen molar-refractivity contribution in [3.63, 3.8) is 0 Å². The quantitative estimate of drug-likeness (QED) is 0.775. The Morgan fingerprint density at radius 2 is 1.96 bits per heavy atom. The Hall–Kier alpha value is -3.22. The number of aromatic hydroxyl groups is 1. The molecule has 0 aliphatic carbocycles. The molecule has 1 aliphatic rings. The van der Waals surface area contributed by atoms with E-state index in [1.54, 1.807) is 11.1 Å². The molecule has 1 atom stereocenters. The van der Waals surface area contributed by atoms with Crippen molar-refractivity contribution in [3.05, 3.63) is 72.1 Å². The second-order valence-electron chi connectivity index (χ2n) is 5.65. The molecule has 1 aliphatic heterocycles. The Bertz CT molecular complexity index is 861. The van der Waals surface area contributed by atoms with Crippen LogP contribution < -0.4 is 0 Å². The first-order valence-electron chi connectivity index (χ1n) is 7.59. The molecule has 1 amide bonds. The lowest BCUT2D eigenvalue weighted by atomic mass is 9.95. The molecule has 0 saturated heterocycles. The fourth-order valence-electron chi connectivity index (χ4n) is 3.00. The second kappa shape index (κ2) is 5.77. The zero-order chi connectivity index (χ0) is 16.5. The standard InChI is InChI=1S/C17H15N5O2/c23-13-8-18-16(19-9-13)17(24)21-10-12-4-1-2-5-14(12)15(11-21)22-7-3-6-20-22/h1-9,15,23H,10-11H2. The van der Waals surface area contributed by atoms with E-state index in [9.17, 15) is 9.90 Å². The van der Waals surface area contributed by atoms with E-state index in [1.165, 1.54) is 12.4 Å². The van der Waals surface area contributed by atoms with Gasteiger partial charge >= 0.3 is 0 Å². The van der Waals surface area contributed by atoms with Crippen molar-refractivity contribution in [2.75, 3.05) is 6.54 Å². The molecule has 1 N–H and O–H groups in total. The summed E-state index contributed by atoms with van der Waals surface area (Å²) < 4.78 is 1.86.